The van der Waals surface area contributed by atoms with Gasteiger partial charge in [0, 0.05) is 46.8 Å². The molecule has 4 rings (SSSR count). The van der Waals surface area contributed by atoms with Gasteiger partial charge in [0.1, 0.15) is 5.82 Å². The van der Waals surface area contributed by atoms with E-state index >= 15 is 0 Å². The maximum absolute atomic E-state index is 12.8. The molecule has 1 fully saturated rings. The van der Waals surface area contributed by atoms with Crippen LogP contribution >= 0.6 is 0 Å². The number of benzene rings is 2. The molecule has 188 valence electrons. The molecule has 9 heteroatoms. The summed E-state index contributed by atoms with van der Waals surface area (Å²) < 4.78 is 28.6. The van der Waals surface area contributed by atoms with Gasteiger partial charge in [-0.2, -0.15) is 0 Å². The Morgan fingerprint density at radius 3 is 2.34 bits per heavy atom. The maximum atomic E-state index is 12.8. The summed E-state index contributed by atoms with van der Waals surface area (Å²) in [5, 5.41) is 0. The number of carbonyl (C=O) groups excluding carboxylic acids is 1. The van der Waals surface area contributed by atoms with Crippen LogP contribution in [0.15, 0.2) is 47.4 Å². The Hall–Kier alpha value is -2.75. The molecule has 1 amide bonds. The van der Waals surface area contributed by atoms with Gasteiger partial charge in [0.25, 0.3) is 0 Å². The van der Waals surface area contributed by atoms with E-state index in [2.05, 4.69) is 16.4 Å². The van der Waals surface area contributed by atoms with Crippen molar-refractivity contribution in [1.82, 2.24) is 23.7 Å². The molecule has 0 saturated carbocycles. The molecule has 1 saturated heterocycles. The topological polar surface area (TPSA) is 78.8 Å². The molecule has 1 aliphatic rings. The van der Waals surface area contributed by atoms with Crippen LogP contribution < -0.4 is 0 Å². The number of hydrogen-bond donors (Lipinski definition) is 0. The lowest BCUT2D eigenvalue weighted by molar-refractivity contribution is -0.132. The van der Waals surface area contributed by atoms with Crippen molar-refractivity contribution in [3.8, 4) is 0 Å². The zero-order valence-electron chi connectivity index (χ0n) is 21.1. The molecule has 0 aliphatic carbocycles. The van der Waals surface area contributed by atoms with E-state index in [-0.39, 0.29) is 10.8 Å². The van der Waals surface area contributed by atoms with Crippen molar-refractivity contribution in [2.45, 2.75) is 44.7 Å². The average molecular weight is 498 g/mol. The van der Waals surface area contributed by atoms with E-state index in [1.165, 1.54) is 24.0 Å². The molecule has 2 aromatic carbocycles. The normalized spacial score (nSPS) is 15.3. The molecule has 35 heavy (non-hydrogen) atoms. The highest BCUT2D eigenvalue weighted by Crippen LogP contribution is 2.23. The van der Waals surface area contributed by atoms with E-state index in [4.69, 9.17) is 4.98 Å². The van der Waals surface area contributed by atoms with Crippen molar-refractivity contribution in [3.05, 3.63) is 59.4 Å². The zero-order valence-corrected chi connectivity index (χ0v) is 21.9. The first-order valence-corrected chi connectivity index (χ1v) is 13.6. The average Bonchev–Trinajstić information content (AvgIpc) is 3.17. The fraction of sp³-hybridized carbons (Fsp3) is 0.462. The molecule has 0 bridgehead atoms. The van der Waals surface area contributed by atoms with Crippen molar-refractivity contribution >= 4 is 27.0 Å². The minimum absolute atomic E-state index is 0.168. The largest absolute Gasteiger partial charge is 0.340 e. The fourth-order valence-corrected chi connectivity index (χ4v) is 5.39. The lowest BCUT2D eigenvalue weighted by atomic mass is 10.1. The molecule has 0 spiro atoms. The summed E-state index contributed by atoms with van der Waals surface area (Å²) >= 11 is 0. The Morgan fingerprint density at radius 1 is 1.03 bits per heavy atom. The van der Waals surface area contributed by atoms with Gasteiger partial charge in [-0.3, -0.25) is 9.69 Å². The fourth-order valence-electron chi connectivity index (χ4n) is 4.47. The molecular weight excluding hydrogens is 462 g/mol. The molecule has 1 aliphatic heterocycles. The number of piperazine rings is 1. The molecule has 0 atom stereocenters. The number of hydrogen-bond acceptors (Lipinski definition) is 5. The molecule has 0 unspecified atom stereocenters. The van der Waals surface area contributed by atoms with Gasteiger partial charge in [0.15, 0.2) is 0 Å². The summed E-state index contributed by atoms with van der Waals surface area (Å²) in [7, 11) is -0.447. The zero-order chi connectivity index (χ0) is 25.2. The number of aryl methyl sites for hydroxylation is 2. The number of sulfonamides is 1. The predicted octanol–water partition coefficient (Wildman–Crippen LogP) is 2.89. The number of aromatic nitrogens is 2. The number of carbonyl (C=O) groups is 1. The van der Waals surface area contributed by atoms with Crippen molar-refractivity contribution in [2.24, 2.45) is 0 Å². The molecule has 8 nitrogen and oxygen atoms in total. The lowest BCUT2D eigenvalue weighted by Crippen LogP contribution is -2.49. The Balaban J connectivity index is 1.45. The van der Waals surface area contributed by atoms with Gasteiger partial charge in [-0.05, 0) is 37.1 Å². The second-order valence-electron chi connectivity index (χ2n) is 9.44. The number of nitrogens with zero attached hydrogens (tertiary/aromatic N) is 5. The highest BCUT2D eigenvalue weighted by Gasteiger charge is 2.24. The van der Waals surface area contributed by atoms with Crippen LogP contribution in [0, 0.1) is 6.92 Å². The van der Waals surface area contributed by atoms with Crippen LogP contribution in [0.4, 0.5) is 0 Å². The summed E-state index contributed by atoms with van der Waals surface area (Å²) in [4.78, 5) is 22.1. The summed E-state index contributed by atoms with van der Waals surface area (Å²) in [6.45, 7) is 8.63. The van der Waals surface area contributed by atoms with E-state index in [1.54, 1.807) is 12.1 Å². The minimum atomic E-state index is -3.51. The third kappa shape index (κ3) is 5.58. The highest BCUT2D eigenvalue weighted by molar-refractivity contribution is 7.89. The summed E-state index contributed by atoms with van der Waals surface area (Å²) in [6.07, 6.45) is 1.39. The van der Waals surface area contributed by atoms with Crippen molar-refractivity contribution < 1.29 is 13.2 Å². The Morgan fingerprint density at radius 2 is 1.71 bits per heavy atom. The van der Waals surface area contributed by atoms with Crippen molar-refractivity contribution in [2.75, 3.05) is 40.3 Å². The lowest BCUT2D eigenvalue weighted by Gasteiger charge is -2.34. The molecule has 1 aromatic heterocycles. The van der Waals surface area contributed by atoms with Gasteiger partial charge >= 0.3 is 0 Å². The van der Waals surface area contributed by atoms with Gasteiger partial charge < -0.3 is 9.47 Å². The molecule has 0 radical (unpaired) electrons. The minimum Gasteiger partial charge on any atom is -0.340 e. The third-order valence-corrected chi connectivity index (χ3v) is 8.40. The monoisotopic (exact) mass is 497 g/mol. The van der Waals surface area contributed by atoms with Crippen molar-refractivity contribution in [1.29, 1.82) is 0 Å². The summed E-state index contributed by atoms with van der Waals surface area (Å²) in [5.41, 5.74) is 3.89. The molecule has 0 N–H and O–H groups in total. The smallest absolute Gasteiger partial charge is 0.242 e. The standard InChI is InChI=1S/C26H35N5O3S/c1-5-12-31-24-11-10-22(35(33,34)28(3)4)18-23(24)27-25(31)19-29-13-15-30(16-14-29)26(32)17-21-8-6-20(2)7-9-21/h6-11,18H,5,12-17,19H2,1-4H3. The predicted molar refractivity (Wildman–Crippen MR) is 138 cm³/mol. The first-order chi connectivity index (χ1) is 16.7. The van der Waals surface area contributed by atoms with Crippen LogP contribution in [0.1, 0.15) is 30.3 Å². The second kappa shape index (κ2) is 10.5. The summed E-state index contributed by atoms with van der Waals surface area (Å²) in [5.74, 6) is 1.10. The molecule has 2 heterocycles. The molecule has 3 aromatic rings. The van der Waals surface area contributed by atoms with E-state index in [1.807, 2.05) is 42.2 Å². The van der Waals surface area contributed by atoms with Crippen molar-refractivity contribution in [3.63, 3.8) is 0 Å². The second-order valence-corrected chi connectivity index (χ2v) is 11.6. The van der Waals surface area contributed by atoms with Crippen LogP contribution in [0.2, 0.25) is 0 Å². The van der Waals surface area contributed by atoms with Gasteiger partial charge in [0.05, 0.1) is 28.9 Å². The number of rotatable bonds is 8. The summed E-state index contributed by atoms with van der Waals surface area (Å²) in [6, 6.07) is 13.3. The third-order valence-electron chi connectivity index (χ3n) is 6.59. The maximum Gasteiger partial charge on any atom is 0.242 e. The van der Waals surface area contributed by atoms with Crippen LogP contribution in [0.3, 0.4) is 0 Å². The Bertz CT molecular complexity index is 1290. The van der Waals surface area contributed by atoms with E-state index in [0.29, 0.717) is 31.6 Å². The SMILES string of the molecule is CCCn1c(CN2CCN(C(=O)Cc3ccc(C)cc3)CC2)nc2cc(S(=O)(=O)N(C)C)ccc21. The van der Waals surface area contributed by atoms with Crippen LogP contribution in [0.25, 0.3) is 11.0 Å². The quantitative estimate of drug-likeness (QED) is 0.478. The van der Waals surface area contributed by atoms with Crippen LogP contribution in [-0.4, -0.2) is 78.3 Å². The van der Waals surface area contributed by atoms with E-state index < -0.39 is 10.0 Å². The number of imidazole rings is 1. The molecular formula is C26H35N5O3S. The Kier molecular flexibility index (Phi) is 7.59. The van der Waals surface area contributed by atoms with Crippen LogP contribution in [0.5, 0.6) is 0 Å². The Labute approximate surface area is 208 Å². The number of amides is 1. The highest BCUT2D eigenvalue weighted by atomic mass is 32.2. The van der Waals surface area contributed by atoms with Gasteiger partial charge in [0.2, 0.25) is 15.9 Å². The van der Waals surface area contributed by atoms with E-state index in [0.717, 1.165) is 43.0 Å². The van der Waals surface area contributed by atoms with Gasteiger partial charge in [-0.1, -0.05) is 36.8 Å². The first kappa shape index (κ1) is 25.3. The van der Waals surface area contributed by atoms with Gasteiger partial charge in [-0.25, -0.2) is 17.7 Å². The van der Waals surface area contributed by atoms with Crippen LogP contribution in [-0.2, 0) is 34.3 Å². The van der Waals surface area contributed by atoms with E-state index in [9.17, 15) is 13.2 Å². The van der Waals surface area contributed by atoms with Gasteiger partial charge in [-0.15, -0.1) is 0 Å². The number of fused-ring (bicyclic) bond motifs is 1. The first-order valence-electron chi connectivity index (χ1n) is 12.2.